The molecule has 5 N–H and O–H groups in total. The van der Waals surface area contributed by atoms with Crippen LogP contribution in [-0.2, 0) is 15.0 Å². The van der Waals surface area contributed by atoms with Crippen molar-refractivity contribution in [1.82, 2.24) is 14.3 Å². The summed E-state index contributed by atoms with van der Waals surface area (Å²) in [5.41, 5.74) is 5.24. The number of nitrogens with one attached hydrogen (secondary N) is 2. The van der Waals surface area contributed by atoms with Gasteiger partial charge in [0.2, 0.25) is 0 Å². The predicted molar refractivity (Wildman–Crippen MR) is 68.3 cm³/mol. The van der Waals surface area contributed by atoms with E-state index in [9.17, 15) is 13.2 Å². The Morgan fingerprint density at radius 1 is 1.33 bits per heavy atom. The number of carboxylic acid groups (broad SMARTS) is 1. The van der Waals surface area contributed by atoms with E-state index in [4.69, 9.17) is 10.8 Å². The SMILES string of the molecule is CN(C)CCCNS(=O)(=O)NCCC(N)C(=O)O. The first-order valence-corrected chi connectivity index (χ1v) is 7.10. The Morgan fingerprint density at radius 3 is 2.39 bits per heavy atom. The van der Waals surface area contributed by atoms with Crippen LogP contribution in [-0.4, -0.2) is 64.2 Å². The molecule has 0 saturated carbocycles. The molecule has 0 rings (SSSR count). The van der Waals surface area contributed by atoms with Crippen LogP contribution < -0.4 is 15.2 Å². The molecular formula is C9H22N4O4S. The molecule has 0 saturated heterocycles. The van der Waals surface area contributed by atoms with Crippen molar-refractivity contribution in [2.75, 3.05) is 33.7 Å². The lowest BCUT2D eigenvalue weighted by molar-refractivity contribution is -0.138. The lowest BCUT2D eigenvalue weighted by Crippen LogP contribution is -2.41. The average molecular weight is 282 g/mol. The van der Waals surface area contributed by atoms with Gasteiger partial charge in [-0.1, -0.05) is 0 Å². The number of nitrogens with zero attached hydrogens (tertiary/aromatic N) is 1. The van der Waals surface area contributed by atoms with Crippen LogP contribution in [0.25, 0.3) is 0 Å². The fraction of sp³-hybridized carbons (Fsp3) is 0.889. The molecule has 0 aromatic heterocycles. The minimum absolute atomic E-state index is 0.00349. The minimum atomic E-state index is -3.57. The van der Waals surface area contributed by atoms with Gasteiger partial charge in [0.15, 0.2) is 0 Å². The van der Waals surface area contributed by atoms with Gasteiger partial charge in [-0.15, -0.1) is 0 Å². The summed E-state index contributed by atoms with van der Waals surface area (Å²) in [4.78, 5) is 12.4. The van der Waals surface area contributed by atoms with Crippen molar-refractivity contribution < 1.29 is 18.3 Å². The predicted octanol–water partition coefficient (Wildman–Crippen LogP) is -1.84. The molecule has 0 spiro atoms. The van der Waals surface area contributed by atoms with Gasteiger partial charge in [0.05, 0.1) is 0 Å². The van der Waals surface area contributed by atoms with Crippen molar-refractivity contribution in [2.24, 2.45) is 5.73 Å². The number of nitrogens with two attached hydrogens (primary N) is 1. The highest BCUT2D eigenvalue weighted by atomic mass is 32.2. The van der Waals surface area contributed by atoms with Crippen LogP contribution in [0.3, 0.4) is 0 Å². The molecule has 1 unspecified atom stereocenters. The van der Waals surface area contributed by atoms with E-state index >= 15 is 0 Å². The van der Waals surface area contributed by atoms with Crippen molar-refractivity contribution >= 4 is 16.2 Å². The third-order valence-corrected chi connectivity index (χ3v) is 3.31. The van der Waals surface area contributed by atoms with Gasteiger partial charge in [-0.2, -0.15) is 8.42 Å². The van der Waals surface area contributed by atoms with Crippen molar-refractivity contribution in [3.05, 3.63) is 0 Å². The van der Waals surface area contributed by atoms with Crippen LogP contribution in [0.1, 0.15) is 12.8 Å². The topological polar surface area (TPSA) is 125 Å². The number of carboxylic acids is 1. The quantitative estimate of drug-likeness (QED) is 0.349. The molecule has 0 aromatic rings. The van der Waals surface area contributed by atoms with E-state index in [2.05, 4.69) is 9.44 Å². The van der Waals surface area contributed by atoms with Gasteiger partial charge in [-0.25, -0.2) is 9.44 Å². The van der Waals surface area contributed by atoms with Crippen molar-refractivity contribution in [2.45, 2.75) is 18.9 Å². The van der Waals surface area contributed by atoms with Gasteiger partial charge in [-0.05, 0) is 33.5 Å². The summed E-state index contributed by atoms with van der Waals surface area (Å²) >= 11 is 0. The molecule has 8 nitrogen and oxygen atoms in total. The molecule has 0 aromatic carbocycles. The summed E-state index contributed by atoms with van der Waals surface area (Å²) in [6, 6.07) is -1.05. The van der Waals surface area contributed by atoms with Crippen molar-refractivity contribution in [1.29, 1.82) is 0 Å². The monoisotopic (exact) mass is 282 g/mol. The highest BCUT2D eigenvalue weighted by Gasteiger charge is 2.13. The molecule has 0 aliphatic rings. The number of rotatable bonds is 10. The van der Waals surface area contributed by atoms with Gasteiger partial charge in [0.1, 0.15) is 6.04 Å². The second-order valence-corrected chi connectivity index (χ2v) is 5.77. The Labute approximate surface area is 108 Å². The second kappa shape index (κ2) is 8.38. The van der Waals surface area contributed by atoms with Gasteiger partial charge >= 0.3 is 5.97 Å². The van der Waals surface area contributed by atoms with E-state index < -0.39 is 22.2 Å². The Hall–Kier alpha value is -0.740. The molecule has 1 atom stereocenters. The molecule has 0 bridgehead atoms. The van der Waals surface area contributed by atoms with Crippen LogP contribution in [0, 0.1) is 0 Å². The lowest BCUT2D eigenvalue weighted by atomic mass is 10.2. The fourth-order valence-electron chi connectivity index (χ4n) is 1.13. The van der Waals surface area contributed by atoms with Gasteiger partial charge in [0.25, 0.3) is 10.2 Å². The third-order valence-electron chi connectivity index (χ3n) is 2.14. The molecule has 0 heterocycles. The summed E-state index contributed by atoms with van der Waals surface area (Å²) in [7, 11) is 0.238. The minimum Gasteiger partial charge on any atom is -0.480 e. The second-order valence-electron chi connectivity index (χ2n) is 4.18. The van der Waals surface area contributed by atoms with Crippen LogP contribution in [0.2, 0.25) is 0 Å². The fourth-order valence-corrected chi connectivity index (χ4v) is 2.03. The number of carbonyl (C=O) groups is 1. The van der Waals surface area contributed by atoms with Crippen molar-refractivity contribution in [3.63, 3.8) is 0 Å². The molecule has 0 radical (unpaired) electrons. The lowest BCUT2D eigenvalue weighted by Gasteiger charge is -2.11. The molecule has 18 heavy (non-hydrogen) atoms. The zero-order valence-electron chi connectivity index (χ0n) is 10.7. The molecule has 0 fully saturated rings. The Morgan fingerprint density at radius 2 is 1.89 bits per heavy atom. The average Bonchev–Trinajstić information content (AvgIpc) is 2.23. The van der Waals surface area contributed by atoms with E-state index in [0.717, 1.165) is 6.54 Å². The molecular weight excluding hydrogens is 260 g/mol. The normalized spacial score (nSPS) is 13.8. The Kier molecular flexibility index (Phi) is 8.03. The van der Waals surface area contributed by atoms with Crippen molar-refractivity contribution in [3.8, 4) is 0 Å². The molecule has 0 amide bonds. The Bertz CT molecular complexity index is 344. The maximum absolute atomic E-state index is 11.4. The summed E-state index contributed by atoms with van der Waals surface area (Å²) < 4.78 is 27.4. The van der Waals surface area contributed by atoms with Crippen LogP contribution in [0.5, 0.6) is 0 Å². The van der Waals surface area contributed by atoms with E-state index in [1.54, 1.807) is 0 Å². The first-order valence-electron chi connectivity index (χ1n) is 5.62. The van der Waals surface area contributed by atoms with Gasteiger partial charge in [0, 0.05) is 13.1 Å². The third kappa shape index (κ3) is 9.31. The van der Waals surface area contributed by atoms with E-state index in [1.807, 2.05) is 19.0 Å². The largest absolute Gasteiger partial charge is 0.480 e. The zero-order chi connectivity index (χ0) is 14.2. The summed E-state index contributed by atoms with van der Waals surface area (Å²) in [6.07, 6.45) is 0.747. The standard InChI is InChI=1S/C9H22N4O4S/c1-13(2)7-3-5-11-18(16,17)12-6-4-8(10)9(14)15/h8,11-12H,3-7,10H2,1-2H3,(H,14,15). The highest BCUT2D eigenvalue weighted by Crippen LogP contribution is 1.88. The number of aliphatic carboxylic acids is 1. The molecule has 108 valence electrons. The van der Waals surface area contributed by atoms with E-state index in [0.29, 0.717) is 13.0 Å². The van der Waals surface area contributed by atoms with Gasteiger partial charge < -0.3 is 15.7 Å². The number of hydrogen-bond acceptors (Lipinski definition) is 5. The molecule has 9 heteroatoms. The number of hydrogen-bond donors (Lipinski definition) is 4. The summed E-state index contributed by atoms with van der Waals surface area (Å²) in [6.45, 7) is 1.11. The maximum Gasteiger partial charge on any atom is 0.320 e. The van der Waals surface area contributed by atoms with Crippen LogP contribution in [0.4, 0.5) is 0 Å². The first-order chi connectivity index (χ1) is 8.24. The van der Waals surface area contributed by atoms with Crippen LogP contribution in [0.15, 0.2) is 0 Å². The first kappa shape index (κ1) is 17.3. The van der Waals surface area contributed by atoms with E-state index in [1.165, 1.54) is 0 Å². The molecule has 0 aliphatic heterocycles. The van der Waals surface area contributed by atoms with Crippen LogP contribution >= 0.6 is 0 Å². The summed E-state index contributed by atoms with van der Waals surface area (Å²) in [5.74, 6) is -1.15. The van der Waals surface area contributed by atoms with E-state index in [-0.39, 0.29) is 13.0 Å². The Balaban J connectivity index is 3.77. The van der Waals surface area contributed by atoms with Gasteiger partial charge in [-0.3, -0.25) is 4.79 Å². The zero-order valence-corrected chi connectivity index (χ0v) is 11.5. The maximum atomic E-state index is 11.4. The smallest absolute Gasteiger partial charge is 0.320 e. The highest BCUT2D eigenvalue weighted by molar-refractivity contribution is 7.87. The summed E-state index contributed by atoms with van der Waals surface area (Å²) in [5, 5.41) is 8.51. The molecule has 0 aliphatic carbocycles.